The third-order valence-corrected chi connectivity index (χ3v) is 1.81. The molecule has 1 rings (SSSR count). The van der Waals surface area contributed by atoms with Crippen LogP contribution in [0.5, 0.6) is 5.75 Å². The lowest BCUT2D eigenvalue weighted by Gasteiger charge is -2.09. The number of halogens is 2. The quantitative estimate of drug-likeness (QED) is 0.585. The number of ether oxygens (including phenoxy) is 2. The van der Waals surface area contributed by atoms with Crippen molar-refractivity contribution in [3.8, 4) is 5.75 Å². The second kappa shape index (κ2) is 5.20. The molecule has 0 bridgehead atoms. The highest BCUT2D eigenvalue weighted by Gasteiger charge is 2.17. The Morgan fingerprint density at radius 2 is 2.12 bits per heavy atom. The predicted molar refractivity (Wildman–Crippen MR) is 49.8 cm³/mol. The molecule has 1 aromatic carbocycles. The first-order valence-corrected chi connectivity index (χ1v) is 4.21. The molecule has 86 valence electrons. The molecule has 4 nitrogen and oxygen atoms in total. The van der Waals surface area contributed by atoms with Crippen LogP contribution in [0.3, 0.4) is 0 Å². The van der Waals surface area contributed by atoms with Crippen LogP contribution in [0, 0.1) is 0 Å². The highest BCUT2D eigenvalue weighted by atomic mass is 19.3. The van der Waals surface area contributed by atoms with Gasteiger partial charge in [-0.15, -0.1) is 0 Å². The van der Waals surface area contributed by atoms with Crippen LogP contribution in [-0.4, -0.2) is 26.0 Å². The minimum Gasteiger partial charge on any atom is -0.465 e. The normalized spacial score (nSPS) is 10.0. The lowest BCUT2D eigenvalue weighted by molar-refractivity contribution is -0.0501. The summed E-state index contributed by atoms with van der Waals surface area (Å²) < 4.78 is 32.5. The molecular formula is C10H8F2O4. The summed E-state index contributed by atoms with van der Waals surface area (Å²) >= 11 is 0. The summed E-state index contributed by atoms with van der Waals surface area (Å²) in [5, 5.41) is 0. The van der Waals surface area contributed by atoms with E-state index in [1.165, 1.54) is 18.2 Å². The molecule has 0 saturated heterocycles. The monoisotopic (exact) mass is 230 g/mol. The van der Waals surface area contributed by atoms with Crippen molar-refractivity contribution in [1.82, 2.24) is 0 Å². The van der Waals surface area contributed by atoms with Crippen molar-refractivity contribution in [2.24, 2.45) is 0 Å². The van der Waals surface area contributed by atoms with E-state index in [1.54, 1.807) is 0 Å². The van der Waals surface area contributed by atoms with Gasteiger partial charge < -0.3 is 9.47 Å². The van der Waals surface area contributed by atoms with Crippen LogP contribution < -0.4 is 4.74 Å². The molecular weight excluding hydrogens is 222 g/mol. The molecule has 0 atom stereocenters. The summed E-state index contributed by atoms with van der Waals surface area (Å²) in [6.45, 7) is -3.06. The van der Waals surface area contributed by atoms with Gasteiger partial charge in [-0.1, -0.05) is 6.07 Å². The number of alkyl halides is 2. The van der Waals surface area contributed by atoms with Crippen molar-refractivity contribution in [3.63, 3.8) is 0 Å². The maximum absolute atomic E-state index is 12.0. The van der Waals surface area contributed by atoms with E-state index in [2.05, 4.69) is 9.47 Å². The fourth-order valence-corrected chi connectivity index (χ4v) is 1.15. The smallest absolute Gasteiger partial charge is 0.387 e. The van der Waals surface area contributed by atoms with Crippen LogP contribution in [0.1, 0.15) is 20.7 Å². The van der Waals surface area contributed by atoms with E-state index in [1.807, 2.05) is 0 Å². The van der Waals surface area contributed by atoms with Gasteiger partial charge in [-0.2, -0.15) is 8.78 Å². The number of carbonyl (C=O) groups excluding carboxylic acids is 2. The van der Waals surface area contributed by atoms with Crippen molar-refractivity contribution < 1.29 is 27.8 Å². The summed E-state index contributed by atoms with van der Waals surface area (Å²) in [5.74, 6) is -1.14. The summed E-state index contributed by atoms with van der Waals surface area (Å²) in [6, 6.07) is 3.77. The largest absolute Gasteiger partial charge is 0.465 e. The van der Waals surface area contributed by atoms with Gasteiger partial charge in [-0.25, -0.2) is 4.79 Å². The Labute approximate surface area is 89.8 Å². The minimum absolute atomic E-state index is 0.115. The van der Waals surface area contributed by atoms with E-state index >= 15 is 0 Å². The van der Waals surface area contributed by atoms with Gasteiger partial charge in [0.05, 0.1) is 18.2 Å². The second-order valence-corrected chi connectivity index (χ2v) is 2.71. The molecule has 0 aromatic heterocycles. The topological polar surface area (TPSA) is 52.6 Å². The molecule has 0 heterocycles. The van der Waals surface area contributed by atoms with Gasteiger partial charge in [0.15, 0.2) is 6.29 Å². The lowest BCUT2D eigenvalue weighted by Crippen LogP contribution is -2.09. The van der Waals surface area contributed by atoms with Gasteiger partial charge in [0, 0.05) is 0 Å². The van der Waals surface area contributed by atoms with Crippen molar-refractivity contribution in [2.45, 2.75) is 6.61 Å². The molecule has 0 aliphatic carbocycles. The summed E-state index contributed by atoms with van der Waals surface area (Å²) in [5.41, 5.74) is -0.370. The van der Waals surface area contributed by atoms with E-state index in [0.29, 0.717) is 0 Å². The van der Waals surface area contributed by atoms with Crippen LogP contribution in [0.15, 0.2) is 18.2 Å². The van der Waals surface area contributed by atoms with Crippen LogP contribution in [-0.2, 0) is 4.74 Å². The number of hydrogen-bond donors (Lipinski definition) is 0. The Balaban J connectivity index is 3.20. The van der Waals surface area contributed by atoms with Crippen molar-refractivity contribution in [3.05, 3.63) is 29.3 Å². The first-order valence-electron chi connectivity index (χ1n) is 4.21. The summed E-state index contributed by atoms with van der Waals surface area (Å²) in [4.78, 5) is 21.9. The molecule has 16 heavy (non-hydrogen) atoms. The zero-order valence-corrected chi connectivity index (χ0v) is 8.28. The fraction of sp³-hybridized carbons (Fsp3) is 0.200. The first kappa shape index (κ1) is 12.1. The van der Waals surface area contributed by atoms with Gasteiger partial charge in [-0.3, -0.25) is 4.79 Å². The summed E-state index contributed by atoms with van der Waals surface area (Å²) in [7, 11) is 1.12. The van der Waals surface area contributed by atoms with Crippen molar-refractivity contribution in [1.29, 1.82) is 0 Å². The maximum atomic E-state index is 12.0. The van der Waals surface area contributed by atoms with Gasteiger partial charge in [0.2, 0.25) is 0 Å². The van der Waals surface area contributed by atoms with Crippen LogP contribution in [0.25, 0.3) is 0 Å². The molecule has 0 aliphatic rings. The molecule has 0 N–H and O–H groups in total. The zero-order valence-electron chi connectivity index (χ0n) is 8.28. The van der Waals surface area contributed by atoms with E-state index in [0.717, 1.165) is 7.11 Å². The first-order chi connectivity index (χ1) is 7.60. The third kappa shape index (κ3) is 2.53. The number of hydrogen-bond acceptors (Lipinski definition) is 4. The molecule has 0 fully saturated rings. The highest BCUT2D eigenvalue weighted by molar-refractivity contribution is 5.99. The number of methoxy groups -OCH3 is 1. The van der Waals surface area contributed by atoms with Crippen LogP contribution in [0.2, 0.25) is 0 Å². The highest BCUT2D eigenvalue weighted by Crippen LogP contribution is 2.23. The average molecular weight is 230 g/mol. The molecule has 0 amide bonds. The molecule has 0 spiro atoms. The van der Waals surface area contributed by atoms with Gasteiger partial charge >= 0.3 is 12.6 Å². The number of esters is 1. The van der Waals surface area contributed by atoms with Gasteiger partial charge in [0.1, 0.15) is 5.75 Å². The lowest BCUT2D eigenvalue weighted by atomic mass is 10.1. The van der Waals surface area contributed by atoms with Crippen LogP contribution in [0.4, 0.5) is 8.78 Å². The molecule has 1 aromatic rings. The Morgan fingerprint density at radius 3 is 2.62 bits per heavy atom. The van der Waals surface area contributed by atoms with Gasteiger partial charge in [0.25, 0.3) is 0 Å². The second-order valence-electron chi connectivity index (χ2n) is 2.71. The number of rotatable bonds is 4. The Morgan fingerprint density at radius 1 is 1.44 bits per heavy atom. The zero-order chi connectivity index (χ0) is 12.1. The average Bonchev–Trinajstić information content (AvgIpc) is 2.27. The molecule has 0 saturated carbocycles. The van der Waals surface area contributed by atoms with Gasteiger partial charge in [-0.05, 0) is 12.1 Å². The van der Waals surface area contributed by atoms with E-state index < -0.39 is 12.6 Å². The Kier molecular flexibility index (Phi) is 3.93. The molecule has 0 radical (unpaired) electrons. The molecule has 0 unspecified atom stereocenters. The fourth-order valence-electron chi connectivity index (χ4n) is 1.15. The maximum Gasteiger partial charge on any atom is 0.387 e. The predicted octanol–water partition coefficient (Wildman–Crippen LogP) is 1.89. The Hall–Kier alpha value is -1.98. The third-order valence-electron chi connectivity index (χ3n) is 1.81. The number of aldehydes is 1. The molecule has 6 heteroatoms. The standard InChI is InChI=1S/C10H8F2O4/c1-15-9(14)6-3-2-4-8(7(6)5-13)16-10(11)12/h2-5,10H,1H3. The van der Waals surface area contributed by atoms with E-state index in [-0.39, 0.29) is 23.2 Å². The SMILES string of the molecule is COC(=O)c1cccc(OC(F)F)c1C=O. The Bertz CT molecular complexity index is 404. The van der Waals surface area contributed by atoms with Crippen molar-refractivity contribution >= 4 is 12.3 Å². The van der Waals surface area contributed by atoms with Crippen LogP contribution >= 0.6 is 0 Å². The minimum atomic E-state index is -3.06. The number of carbonyl (C=O) groups is 2. The number of benzene rings is 1. The van der Waals surface area contributed by atoms with Crippen molar-refractivity contribution in [2.75, 3.05) is 7.11 Å². The van der Waals surface area contributed by atoms with E-state index in [4.69, 9.17) is 0 Å². The summed E-state index contributed by atoms with van der Waals surface area (Å²) in [6.07, 6.45) is 0.268. The van der Waals surface area contributed by atoms with E-state index in [9.17, 15) is 18.4 Å². The molecule has 0 aliphatic heterocycles.